The molecule has 96 valence electrons. The summed E-state index contributed by atoms with van der Waals surface area (Å²) in [6, 6.07) is 8.73. The number of halogens is 1. The van der Waals surface area contributed by atoms with Crippen LogP contribution in [-0.2, 0) is 18.2 Å². The molecule has 0 saturated heterocycles. The molecule has 2 nitrogen and oxygen atoms in total. The number of nitrogens with zero attached hydrogens (tertiary/aromatic N) is 2. The third-order valence-corrected chi connectivity index (χ3v) is 3.88. The van der Waals surface area contributed by atoms with E-state index in [0.717, 1.165) is 29.6 Å². The van der Waals surface area contributed by atoms with Crippen molar-refractivity contribution in [2.75, 3.05) is 0 Å². The summed E-state index contributed by atoms with van der Waals surface area (Å²) in [5.41, 5.74) is 6.24. The van der Waals surface area contributed by atoms with Gasteiger partial charge in [0.15, 0.2) is 0 Å². The number of rotatable bonds is 4. The zero-order chi connectivity index (χ0) is 13.1. The fourth-order valence-electron chi connectivity index (χ4n) is 2.08. The number of hydrogen-bond acceptors (Lipinski definition) is 1. The Morgan fingerprint density at radius 1 is 1.17 bits per heavy atom. The molecule has 0 aliphatic carbocycles. The van der Waals surface area contributed by atoms with E-state index in [1.165, 1.54) is 16.8 Å². The van der Waals surface area contributed by atoms with Crippen LogP contribution in [-0.4, -0.2) is 9.78 Å². The van der Waals surface area contributed by atoms with Crippen LogP contribution in [0.2, 0.25) is 0 Å². The zero-order valence-corrected chi connectivity index (χ0v) is 12.8. The van der Waals surface area contributed by atoms with Crippen molar-refractivity contribution in [2.45, 2.75) is 38.9 Å². The Hall–Kier alpha value is -1.09. The largest absolute Gasteiger partial charge is 0.238 e. The maximum absolute atomic E-state index is 4.67. The molecule has 0 N–H and O–H groups in total. The van der Waals surface area contributed by atoms with Gasteiger partial charge >= 0.3 is 0 Å². The number of aryl methyl sites for hydroxylation is 3. The van der Waals surface area contributed by atoms with Crippen LogP contribution in [0.25, 0.3) is 5.69 Å². The van der Waals surface area contributed by atoms with E-state index >= 15 is 0 Å². The monoisotopic (exact) mass is 306 g/mol. The molecular weight excluding hydrogens is 288 g/mol. The second-order valence-corrected chi connectivity index (χ2v) is 5.05. The first kappa shape index (κ1) is 13.3. The van der Waals surface area contributed by atoms with Crippen LogP contribution in [0.4, 0.5) is 0 Å². The van der Waals surface area contributed by atoms with E-state index in [-0.39, 0.29) is 0 Å². The van der Waals surface area contributed by atoms with Gasteiger partial charge in [-0.15, -0.1) is 0 Å². The molecule has 2 aromatic rings. The third kappa shape index (κ3) is 2.51. The van der Waals surface area contributed by atoms with Crippen LogP contribution in [0, 0.1) is 6.92 Å². The van der Waals surface area contributed by atoms with Crippen molar-refractivity contribution in [3.63, 3.8) is 0 Å². The summed E-state index contributed by atoms with van der Waals surface area (Å²) in [6.07, 6.45) is 1.99. The predicted octanol–water partition coefficient (Wildman–Crippen LogP) is 4.20. The Kier molecular flexibility index (Phi) is 4.23. The quantitative estimate of drug-likeness (QED) is 0.774. The maximum Gasteiger partial charge on any atom is 0.0651 e. The molecule has 0 radical (unpaired) electrons. The molecule has 0 aliphatic rings. The van der Waals surface area contributed by atoms with Gasteiger partial charge in [-0.3, -0.25) is 0 Å². The van der Waals surface area contributed by atoms with Gasteiger partial charge < -0.3 is 0 Å². The molecule has 0 bridgehead atoms. The van der Waals surface area contributed by atoms with E-state index in [9.17, 15) is 0 Å². The van der Waals surface area contributed by atoms with Crippen molar-refractivity contribution in [3.8, 4) is 5.69 Å². The van der Waals surface area contributed by atoms with Crippen molar-refractivity contribution >= 4 is 15.9 Å². The first-order chi connectivity index (χ1) is 8.69. The average Bonchev–Trinajstić information content (AvgIpc) is 2.82. The van der Waals surface area contributed by atoms with Gasteiger partial charge in [0.2, 0.25) is 0 Å². The fraction of sp³-hybridized carbons (Fsp3) is 0.400. The molecule has 0 unspecified atom stereocenters. The number of aromatic nitrogens is 2. The number of alkyl halides is 1. The Bertz CT molecular complexity index is 543. The van der Waals surface area contributed by atoms with Gasteiger partial charge in [0, 0.05) is 11.0 Å². The molecule has 0 spiro atoms. The summed E-state index contributed by atoms with van der Waals surface area (Å²) < 4.78 is 2.07. The van der Waals surface area contributed by atoms with E-state index in [0.29, 0.717) is 0 Å². The molecule has 1 aromatic heterocycles. The average molecular weight is 307 g/mol. The van der Waals surface area contributed by atoms with Gasteiger partial charge in [-0.1, -0.05) is 35.8 Å². The van der Waals surface area contributed by atoms with Crippen molar-refractivity contribution in [1.29, 1.82) is 0 Å². The van der Waals surface area contributed by atoms with Crippen LogP contribution < -0.4 is 0 Å². The Balaban J connectivity index is 2.47. The molecule has 2 rings (SSSR count). The molecule has 0 atom stereocenters. The summed E-state index contributed by atoms with van der Waals surface area (Å²) in [5, 5.41) is 5.57. The molecule has 0 fully saturated rings. The van der Waals surface area contributed by atoms with Crippen LogP contribution >= 0.6 is 15.9 Å². The Labute approximate surface area is 117 Å². The van der Waals surface area contributed by atoms with Crippen LogP contribution in [0.1, 0.15) is 36.4 Å². The summed E-state index contributed by atoms with van der Waals surface area (Å²) in [5.74, 6) is 0. The topological polar surface area (TPSA) is 17.8 Å². The second kappa shape index (κ2) is 5.70. The smallest absolute Gasteiger partial charge is 0.0651 e. The first-order valence-electron chi connectivity index (χ1n) is 6.43. The van der Waals surface area contributed by atoms with Gasteiger partial charge in [-0.2, -0.15) is 5.10 Å². The predicted molar refractivity (Wildman–Crippen MR) is 79.7 cm³/mol. The lowest BCUT2D eigenvalue weighted by atomic mass is 10.1. The highest BCUT2D eigenvalue weighted by Gasteiger charge is 2.08. The lowest BCUT2D eigenvalue weighted by molar-refractivity contribution is 0.793. The molecule has 3 heteroatoms. The highest BCUT2D eigenvalue weighted by Crippen LogP contribution is 2.19. The van der Waals surface area contributed by atoms with E-state index in [1.807, 2.05) is 0 Å². The zero-order valence-electron chi connectivity index (χ0n) is 11.2. The molecular formula is C15H19BrN2. The van der Waals surface area contributed by atoms with Gasteiger partial charge in [0.05, 0.1) is 11.4 Å². The lowest BCUT2D eigenvalue weighted by Gasteiger charge is -2.09. The lowest BCUT2D eigenvalue weighted by Crippen LogP contribution is -2.02. The highest BCUT2D eigenvalue weighted by atomic mass is 79.9. The highest BCUT2D eigenvalue weighted by molar-refractivity contribution is 9.08. The number of hydrogen-bond donors (Lipinski definition) is 0. The van der Waals surface area contributed by atoms with Gasteiger partial charge in [-0.25, -0.2) is 4.68 Å². The molecule has 0 saturated carbocycles. The van der Waals surface area contributed by atoms with E-state index in [1.54, 1.807) is 0 Å². The van der Waals surface area contributed by atoms with Gasteiger partial charge in [0.25, 0.3) is 0 Å². The Morgan fingerprint density at radius 3 is 2.50 bits per heavy atom. The van der Waals surface area contributed by atoms with Crippen molar-refractivity contribution in [1.82, 2.24) is 9.78 Å². The van der Waals surface area contributed by atoms with Crippen LogP contribution in [0.15, 0.2) is 24.3 Å². The third-order valence-electron chi connectivity index (χ3n) is 3.27. The molecule has 1 heterocycles. The molecule has 0 aliphatic heterocycles. The SMILES string of the molecule is CCc1cc(CC)n(-c2ccc(CBr)c(C)c2)n1. The summed E-state index contributed by atoms with van der Waals surface area (Å²) >= 11 is 3.51. The summed E-state index contributed by atoms with van der Waals surface area (Å²) in [6.45, 7) is 6.47. The van der Waals surface area contributed by atoms with E-state index in [2.05, 4.69) is 70.7 Å². The van der Waals surface area contributed by atoms with Gasteiger partial charge in [-0.05, 0) is 49.1 Å². The first-order valence-corrected chi connectivity index (χ1v) is 7.55. The van der Waals surface area contributed by atoms with E-state index < -0.39 is 0 Å². The van der Waals surface area contributed by atoms with Crippen LogP contribution in [0.5, 0.6) is 0 Å². The minimum absolute atomic E-state index is 0.902. The van der Waals surface area contributed by atoms with Crippen molar-refractivity contribution in [3.05, 3.63) is 46.8 Å². The van der Waals surface area contributed by atoms with Crippen molar-refractivity contribution < 1.29 is 0 Å². The van der Waals surface area contributed by atoms with Crippen molar-refractivity contribution in [2.24, 2.45) is 0 Å². The second-order valence-electron chi connectivity index (χ2n) is 4.49. The molecule has 1 aromatic carbocycles. The molecule has 0 amide bonds. The maximum atomic E-state index is 4.67. The fourth-order valence-corrected chi connectivity index (χ4v) is 2.71. The normalized spacial score (nSPS) is 10.9. The molecule has 18 heavy (non-hydrogen) atoms. The standard InChI is InChI=1S/C15H19BrN2/c1-4-13-9-14(5-2)18(17-13)15-7-6-12(10-16)11(3)8-15/h6-9H,4-5,10H2,1-3H3. The van der Waals surface area contributed by atoms with Crippen LogP contribution in [0.3, 0.4) is 0 Å². The summed E-state index contributed by atoms with van der Waals surface area (Å²) in [7, 11) is 0. The minimum atomic E-state index is 0.902. The van der Waals surface area contributed by atoms with E-state index in [4.69, 9.17) is 0 Å². The van der Waals surface area contributed by atoms with Gasteiger partial charge in [0.1, 0.15) is 0 Å². The summed E-state index contributed by atoms with van der Waals surface area (Å²) in [4.78, 5) is 0. The number of benzene rings is 1. The Morgan fingerprint density at radius 2 is 1.94 bits per heavy atom. The minimum Gasteiger partial charge on any atom is -0.238 e.